The van der Waals surface area contributed by atoms with Gasteiger partial charge in [0, 0.05) is 26.2 Å². The maximum absolute atomic E-state index is 13.7. The van der Waals surface area contributed by atoms with Crippen molar-refractivity contribution in [2.75, 3.05) is 36.4 Å². The fourth-order valence-corrected chi connectivity index (χ4v) is 4.18. The standard InChI is InChI=1S/C23H30FN5/c1-16-12-20(28-10-4-3-5-11-28)22-21(13-16)29(23(27-22)26-9-8-25)15-18-6-7-19(24)17(2)14-18/h6-7,12-14H,3-5,8-11,15,25H2,1-2H3,(H,26,27). The third kappa shape index (κ3) is 4.08. The van der Waals surface area contributed by atoms with Gasteiger partial charge in [0.25, 0.3) is 0 Å². The fraction of sp³-hybridized carbons (Fsp3) is 0.435. The number of nitrogens with one attached hydrogen (secondary N) is 1. The summed E-state index contributed by atoms with van der Waals surface area (Å²) in [6.45, 7) is 7.92. The van der Waals surface area contributed by atoms with Gasteiger partial charge in [-0.05, 0) is 68.0 Å². The number of halogens is 1. The maximum Gasteiger partial charge on any atom is 0.204 e. The predicted molar refractivity (Wildman–Crippen MR) is 118 cm³/mol. The van der Waals surface area contributed by atoms with Crippen molar-refractivity contribution in [3.05, 3.63) is 52.8 Å². The van der Waals surface area contributed by atoms with Crippen LogP contribution in [-0.2, 0) is 6.54 Å². The van der Waals surface area contributed by atoms with Crippen LogP contribution in [0, 0.1) is 19.7 Å². The van der Waals surface area contributed by atoms with E-state index in [9.17, 15) is 4.39 Å². The lowest BCUT2D eigenvalue weighted by atomic mass is 10.1. The molecule has 0 unspecified atom stereocenters. The first kappa shape index (κ1) is 19.7. The van der Waals surface area contributed by atoms with Crippen LogP contribution < -0.4 is 16.0 Å². The molecule has 154 valence electrons. The number of hydrogen-bond acceptors (Lipinski definition) is 4. The Morgan fingerprint density at radius 1 is 1.10 bits per heavy atom. The maximum atomic E-state index is 13.7. The SMILES string of the molecule is Cc1cc(N2CCCCC2)c2nc(NCCN)n(Cc3ccc(F)c(C)c3)c2c1. The third-order valence-corrected chi connectivity index (χ3v) is 5.67. The minimum atomic E-state index is -0.172. The molecular formula is C23H30FN5. The van der Waals surface area contributed by atoms with Crippen molar-refractivity contribution in [1.82, 2.24) is 9.55 Å². The highest BCUT2D eigenvalue weighted by atomic mass is 19.1. The highest BCUT2D eigenvalue weighted by molar-refractivity contribution is 5.92. The Labute approximate surface area is 171 Å². The van der Waals surface area contributed by atoms with Crippen LogP contribution in [0.4, 0.5) is 16.0 Å². The molecule has 1 aliphatic rings. The first-order chi connectivity index (χ1) is 14.1. The Kier molecular flexibility index (Phi) is 5.72. The summed E-state index contributed by atoms with van der Waals surface area (Å²) in [6, 6.07) is 9.75. The Morgan fingerprint density at radius 3 is 2.62 bits per heavy atom. The summed E-state index contributed by atoms with van der Waals surface area (Å²) in [5, 5.41) is 3.38. The number of rotatable bonds is 6. The molecule has 2 aromatic carbocycles. The first-order valence-corrected chi connectivity index (χ1v) is 10.5. The topological polar surface area (TPSA) is 59.1 Å². The normalized spacial score (nSPS) is 14.6. The van der Waals surface area contributed by atoms with Crippen molar-refractivity contribution in [3.63, 3.8) is 0 Å². The largest absolute Gasteiger partial charge is 0.370 e. The number of fused-ring (bicyclic) bond motifs is 1. The number of benzene rings is 2. The molecule has 1 aliphatic heterocycles. The van der Waals surface area contributed by atoms with Gasteiger partial charge in [-0.2, -0.15) is 0 Å². The average Bonchev–Trinajstić information content (AvgIpc) is 3.06. The second-order valence-corrected chi connectivity index (χ2v) is 8.02. The molecular weight excluding hydrogens is 365 g/mol. The predicted octanol–water partition coefficient (Wildman–Crippen LogP) is 4.20. The number of aryl methyl sites for hydroxylation is 2. The summed E-state index contributed by atoms with van der Waals surface area (Å²) < 4.78 is 15.9. The molecule has 0 bridgehead atoms. The summed E-state index contributed by atoms with van der Waals surface area (Å²) in [5.41, 5.74) is 12.0. The molecule has 6 heteroatoms. The molecule has 5 nitrogen and oxygen atoms in total. The van der Waals surface area contributed by atoms with Gasteiger partial charge in [0.1, 0.15) is 11.3 Å². The van der Waals surface area contributed by atoms with Crippen molar-refractivity contribution in [2.24, 2.45) is 5.73 Å². The molecule has 29 heavy (non-hydrogen) atoms. The lowest BCUT2D eigenvalue weighted by molar-refractivity contribution is 0.578. The summed E-state index contributed by atoms with van der Waals surface area (Å²) >= 11 is 0. The Hall–Kier alpha value is -2.60. The summed E-state index contributed by atoms with van der Waals surface area (Å²) in [7, 11) is 0. The van der Waals surface area contributed by atoms with E-state index in [1.54, 1.807) is 13.0 Å². The minimum absolute atomic E-state index is 0.172. The zero-order valence-corrected chi connectivity index (χ0v) is 17.3. The summed E-state index contributed by atoms with van der Waals surface area (Å²) in [5.74, 6) is 0.644. The van der Waals surface area contributed by atoms with E-state index in [0.29, 0.717) is 25.2 Å². The van der Waals surface area contributed by atoms with Gasteiger partial charge in [0.05, 0.1) is 17.7 Å². The Morgan fingerprint density at radius 2 is 1.90 bits per heavy atom. The molecule has 1 saturated heterocycles. The molecule has 0 radical (unpaired) electrons. The summed E-state index contributed by atoms with van der Waals surface area (Å²) in [6.07, 6.45) is 3.75. The van der Waals surface area contributed by atoms with Crippen LogP contribution in [0.15, 0.2) is 30.3 Å². The number of imidazole rings is 1. The fourth-order valence-electron chi connectivity index (χ4n) is 4.18. The van der Waals surface area contributed by atoms with Crippen molar-refractivity contribution < 1.29 is 4.39 Å². The highest BCUT2D eigenvalue weighted by Crippen LogP contribution is 2.33. The van der Waals surface area contributed by atoms with Crippen LogP contribution >= 0.6 is 0 Å². The van der Waals surface area contributed by atoms with Crippen LogP contribution in [0.25, 0.3) is 11.0 Å². The second-order valence-electron chi connectivity index (χ2n) is 8.02. The lowest BCUT2D eigenvalue weighted by Crippen LogP contribution is -2.29. The number of piperidine rings is 1. The number of anilines is 2. The highest BCUT2D eigenvalue weighted by Gasteiger charge is 2.20. The van der Waals surface area contributed by atoms with Crippen LogP contribution in [0.3, 0.4) is 0 Å². The Bertz CT molecular complexity index is 1000. The van der Waals surface area contributed by atoms with Gasteiger partial charge < -0.3 is 20.5 Å². The van der Waals surface area contributed by atoms with Gasteiger partial charge in [-0.15, -0.1) is 0 Å². The van der Waals surface area contributed by atoms with Crippen molar-refractivity contribution in [1.29, 1.82) is 0 Å². The van der Waals surface area contributed by atoms with E-state index in [-0.39, 0.29) is 5.82 Å². The quantitative estimate of drug-likeness (QED) is 0.657. The molecule has 0 atom stereocenters. The Balaban J connectivity index is 1.81. The van der Waals surface area contributed by atoms with Crippen LogP contribution in [-0.4, -0.2) is 35.7 Å². The van der Waals surface area contributed by atoms with E-state index in [4.69, 9.17) is 10.7 Å². The summed E-state index contributed by atoms with van der Waals surface area (Å²) in [4.78, 5) is 7.45. The lowest BCUT2D eigenvalue weighted by Gasteiger charge is -2.29. The first-order valence-electron chi connectivity index (χ1n) is 10.5. The van der Waals surface area contributed by atoms with Crippen molar-refractivity contribution >= 4 is 22.7 Å². The number of hydrogen-bond donors (Lipinski definition) is 2. The molecule has 3 N–H and O–H groups in total. The van der Waals surface area contributed by atoms with Gasteiger partial charge in [-0.1, -0.05) is 12.1 Å². The van der Waals surface area contributed by atoms with E-state index < -0.39 is 0 Å². The molecule has 4 rings (SSSR count). The number of nitrogens with zero attached hydrogens (tertiary/aromatic N) is 3. The van der Waals surface area contributed by atoms with Gasteiger partial charge >= 0.3 is 0 Å². The molecule has 0 aliphatic carbocycles. The van der Waals surface area contributed by atoms with Crippen molar-refractivity contribution in [2.45, 2.75) is 39.7 Å². The zero-order chi connectivity index (χ0) is 20.4. The monoisotopic (exact) mass is 395 g/mol. The molecule has 1 fully saturated rings. The van der Waals surface area contributed by atoms with Crippen LogP contribution in [0.5, 0.6) is 0 Å². The molecule has 3 aromatic rings. The molecule has 2 heterocycles. The second kappa shape index (κ2) is 8.41. The van der Waals surface area contributed by atoms with Crippen molar-refractivity contribution in [3.8, 4) is 0 Å². The van der Waals surface area contributed by atoms with Gasteiger partial charge in [-0.25, -0.2) is 9.37 Å². The number of nitrogens with two attached hydrogens (primary N) is 1. The van der Waals surface area contributed by atoms with Gasteiger partial charge in [0.15, 0.2) is 0 Å². The van der Waals surface area contributed by atoms with E-state index in [1.165, 1.54) is 30.5 Å². The average molecular weight is 396 g/mol. The van der Waals surface area contributed by atoms with Gasteiger partial charge in [-0.3, -0.25) is 0 Å². The molecule has 0 saturated carbocycles. The smallest absolute Gasteiger partial charge is 0.204 e. The van der Waals surface area contributed by atoms with Crippen LogP contribution in [0.1, 0.15) is 36.0 Å². The van der Waals surface area contributed by atoms with Crippen LogP contribution in [0.2, 0.25) is 0 Å². The number of aromatic nitrogens is 2. The molecule has 1 aromatic heterocycles. The zero-order valence-electron chi connectivity index (χ0n) is 17.3. The van der Waals surface area contributed by atoms with E-state index in [1.807, 2.05) is 12.1 Å². The van der Waals surface area contributed by atoms with E-state index in [0.717, 1.165) is 35.6 Å². The third-order valence-electron chi connectivity index (χ3n) is 5.67. The minimum Gasteiger partial charge on any atom is -0.370 e. The molecule has 0 spiro atoms. The van der Waals surface area contributed by atoms with E-state index in [2.05, 4.69) is 33.8 Å². The van der Waals surface area contributed by atoms with Gasteiger partial charge in [0.2, 0.25) is 5.95 Å². The molecule has 0 amide bonds. The van der Waals surface area contributed by atoms with E-state index >= 15 is 0 Å².